The Labute approximate surface area is 140 Å². The highest BCUT2D eigenvalue weighted by Crippen LogP contribution is 2.34. The van der Waals surface area contributed by atoms with E-state index in [4.69, 9.17) is 0 Å². The second-order valence-corrected chi connectivity index (χ2v) is 7.32. The standard InChI is InChI=1S/C14H16F3N3O4S/c1-3-4-5-8-6-9-11(7-10(8)14(15,16)17)18-13(22)20(12(9)21)19-25(2,23)24/h6-7,19H,3-5H2,1-2H3,(H,18,22). The molecule has 0 amide bonds. The molecule has 1 aromatic carbocycles. The van der Waals surface area contributed by atoms with E-state index >= 15 is 0 Å². The smallest absolute Gasteiger partial charge is 0.305 e. The molecule has 0 radical (unpaired) electrons. The summed E-state index contributed by atoms with van der Waals surface area (Å²) in [7, 11) is -3.93. The zero-order valence-electron chi connectivity index (χ0n) is 13.4. The van der Waals surface area contributed by atoms with Crippen LogP contribution in [-0.2, 0) is 22.6 Å². The Morgan fingerprint density at radius 2 is 1.88 bits per heavy atom. The van der Waals surface area contributed by atoms with Gasteiger partial charge in [-0.2, -0.15) is 17.8 Å². The van der Waals surface area contributed by atoms with Crippen LogP contribution in [0.25, 0.3) is 10.9 Å². The van der Waals surface area contributed by atoms with Gasteiger partial charge in [-0.15, -0.1) is 0 Å². The topological polar surface area (TPSA) is 101 Å². The predicted octanol–water partition coefficient (Wildman–Crippen LogP) is 1.55. The summed E-state index contributed by atoms with van der Waals surface area (Å²) in [5.41, 5.74) is -3.56. The van der Waals surface area contributed by atoms with Gasteiger partial charge in [0.05, 0.1) is 22.7 Å². The number of aromatic amines is 1. The highest BCUT2D eigenvalue weighted by molar-refractivity contribution is 7.91. The summed E-state index contributed by atoms with van der Waals surface area (Å²) in [5, 5.41) is -0.213. The number of nitrogens with one attached hydrogen (secondary N) is 2. The average Bonchev–Trinajstić information content (AvgIpc) is 2.47. The van der Waals surface area contributed by atoms with E-state index in [2.05, 4.69) is 4.98 Å². The zero-order chi connectivity index (χ0) is 19.0. The number of nitrogens with zero attached hydrogens (tertiary/aromatic N) is 1. The van der Waals surface area contributed by atoms with Gasteiger partial charge in [0, 0.05) is 0 Å². The lowest BCUT2D eigenvalue weighted by Gasteiger charge is -2.15. The van der Waals surface area contributed by atoms with Crippen LogP contribution in [0, 0.1) is 0 Å². The Morgan fingerprint density at radius 3 is 2.40 bits per heavy atom. The first kappa shape index (κ1) is 19.0. The molecule has 0 saturated heterocycles. The summed E-state index contributed by atoms with van der Waals surface area (Å²) in [6.07, 6.45) is -2.68. The van der Waals surface area contributed by atoms with Crippen LogP contribution in [0.2, 0.25) is 0 Å². The van der Waals surface area contributed by atoms with Crippen molar-refractivity contribution < 1.29 is 21.6 Å². The predicted molar refractivity (Wildman–Crippen MR) is 86.6 cm³/mol. The van der Waals surface area contributed by atoms with E-state index in [0.29, 0.717) is 18.9 Å². The molecule has 0 fully saturated rings. The van der Waals surface area contributed by atoms with Crippen LogP contribution >= 0.6 is 0 Å². The minimum Gasteiger partial charge on any atom is -0.305 e. The number of alkyl halides is 3. The number of fused-ring (bicyclic) bond motifs is 1. The second kappa shape index (κ2) is 6.54. The summed E-state index contributed by atoms with van der Waals surface area (Å²) < 4.78 is 62.5. The van der Waals surface area contributed by atoms with Gasteiger partial charge in [-0.05, 0) is 30.5 Å². The minimum absolute atomic E-state index is 0.0862. The molecular weight excluding hydrogens is 363 g/mol. The third kappa shape index (κ3) is 4.21. The number of benzene rings is 1. The Bertz CT molecular complexity index is 1020. The summed E-state index contributed by atoms with van der Waals surface area (Å²) in [6.45, 7) is 1.81. The van der Waals surface area contributed by atoms with Crippen LogP contribution < -0.4 is 16.1 Å². The van der Waals surface area contributed by atoms with E-state index in [1.54, 1.807) is 4.83 Å². The second-order valence-electron chi connectivity index (χ2n) is 5.59. The molecule has 1 heterocycles. The van der Waals surface area contributed by atoms with Crippen molar-refractivity contribution in [1.29, 1.82) is 0 Å². The highest BCUT2D eigenvalue weighted by atomic mass is 32.2. The molecule has 1 aromatic heterocycles. The van der Waals surface area contributed by atoms with E-state index in [9.17, 15) is 31.2 Å². The first-order chi connectivity index (χ1) is 11.4. The average molecular weight is 379 g/mol. The monoisotopic (exact) mass is 379 g/mol. The summed E-state index contributed by atoms with van der Waals surface area (Å²) in [5.74, 6) is 0. The van der Waals surface area contributed by atoms with Crippen molar-refractivity contribution in [2.45, 2.75) is 32.4 Å². The molecule has 0 spiro atoms. The fraction of sp³-hybridized carbons (Fsp3) is 0.429. The van der Waals surface area contributed by atoms with Crippen molar-refractivity contribution in [3.8, 4) is 0 Å². The Morgan fingerprint density at radius 1 is 1.24 bits per heavy atom. The van der Waals surface area contributed by atoms with Crippen molar-refractivity contribution in [3.05, 3.63) is 44.1 Å². The van der Waals surface area contributed by atoms with Gasteiger partial charge < -0.3 is 4.98 Å². The fourth-order valence-corrected chi connectivity index (χ4v) is 2.89. The molecule has 0 aliphatic rings. The quantitative estimate of drug-likeness (QED) is 0.823. The molecule has 0 aliphatic heterocycles. The van der Waals surface area contributed by atoms with Gasteiger partial charge in [0.25, 0.3) is 5.56 Å². The van der Waals surface area contributed by atoms with Crippen LogP contribution in [0.15, 0.2) is 21.7 Å². The molecular formula is C14H16F3N3O4S. The van der Waals surface area contributed by atoms with Gasteiger partial charge >= 0.3 is 11.9 Å². The van der Waals surface area contributed by atoms with Crippen LogP contribution in [0.1, 0.15) is 30.9 Å². The normalized spacial score (nSPS) is 12.5. The molecule has 7 nitrogen and oxygen atoms in total. The molecule has 2 rings (SSSR count). The van der Waals surface area contributed by atoms with E-state index in [1.807, 2.05) is 6.92 Å². The van der Waals surface area contributed by atoms with Crippen LogP contribution in [-0.4, -0.2) is 24.3 Å². The Balaban J connectivity index is 2.80. The number of rotatable bonds is 5. The number of hydrogen-bond donors (Lipinski definition) is 2. The maximum Gasteiger partial charge on any atom is 0.416 e. The van der Waals surface area contributed by atoms with Crippen molar-refractivity contribution in [1.82, 2.24) is 9.66 Å². The third-order valence-electron chi connectivity index (χ3n) is 3.48. The highest BCUT2D eigenvalue weighted by Gasteiger charge is 2.34. The molecule has 0 atom stereocenters. The van der Waals surface area contributed by atoms with Gasteiger partial charge in [-0.3, -0.25) is 4.79 Å². The van der Waals surface area contributed by atoms with Gasteiger partial charge in [0.15, 0.2) is 0 Å². The fourth-order valence-electron chi connectivity index (χ4n) is 2.40. The van der Waals surface area contributed by atoms with Crippen LogP contribution in [0.3, 0.4) is 0 Å². The number of halogens is 3. The summed E-state index contributed by atoms with van der Waals surface area (Å²) in [6, 6.07) is 1.75. The van der Waals surface area contributed by atoms with E-state index in [-0.39, 0.29) is 27.6 Å². The number of unbranched alkanes of at least 4 members (excludes halogenated alkanes) is 1. The van der Waals surface area contributed by atoms with Crippen molar-refractivity contribution in [3.63, 3.8) is 0 Å². The lowest BCUT2D eigenvalue weighted by molar-refractivity contribution is -0.138. The van der Waals surface area contributed by atoms with Gasteiger partial charge in [-0.25, -0.2) is 18.0 Å². The largest absolute Gasteiger partial charge is 0.416 e. The van der Waals surface area contributed by atoms with Gasteiger partial charge in [0.1, 0.15) is 0 Å². The van der Waals surface area contributed by atoms with Crippen molar-refractivity contribution >= 4 is 20.9 Å². The first-order valence-corrected chi connectivity index (χ1v) is 9.20. The molecule has 0 unspecified atom stereocenters. The van der Waals surface area contributed by atoms with E-state index in [1.165, 1.54) is 0 Å². The minimum atomic E-state index is -4.64. The number of aryl methyl sites for hydroxylation is 1. The molecule has 11 heteroatoms. The first-order valence-electron chi connectivity index (χ1n) is 7.31. The number of sulfonamides is 1. The van der Waals surface area contributed by atoms with Gasteiger partial charge in [-0.1, -0.05) is 13.3 Å². The van der Waals surface area contributed by atoms with Crippen LogP contribution in [0.5, 0.6) is 0 Å². The zero-order valence-corrected chi connectivity index (χ0v) is 14.2. The molecule has 25 heavy (non-hydrogen) atoms. The number of hydrogen-bond acceptors (Lipinski definition) is 4. The van der Waals surface area contributed by atoms with E-state index in [0.717, 1.165) is 12.3 Å². The van der Waals surface area contributed by atoms with Crippen molar-refractivity contribution in [2.24, 2.45) is 0 Å². The van der Waals surface area contributed by atoms with Crippen LogP contribution in [0.4, 0.5) is 13.2 Å². The summed E-state index contributed by atoms with van der Waals surface area (Å²) in [4.78, 5) is 28.0. The molecule has 0 aliphatic carbocycles. The van der Waals surface area contributed by atoms with Gasteiger partial charge in [0.2, 0.25) is 10.0 Å². The molecule has 138 valence electrons. The van der Waals surface area contributed by atoms with E-state index < -0.39 is 33.0 Å². The third-order valence-corrected chi connectivity index (χ3v) is 4.00. The molecule has 2 N–H and O–H groups in total. The lowest BCUT2D eigenvalue weighted by Crippen LogP contribution is -2.43. The Hall–Kier alpha value is -2.30. The molecule has 2 aromatic rings. The SMILES string of the molecule is CCCCc1cc2c(=O)n(NS(C)(=O)=O)c(=O)[nH]c2cc1C(F)(F)F. The number of H-pyrrole nitrogens is 1. The maximum atomic E-state index is 13.2. The van der Waals surface area contributed by atoms with Crippen molar-refractivity contribution in [2.75, 3.05) is 11.1 Å². The Kier molecular flexibility index (Phi) is 4.98. The summed E-state index contributed by atoms with van der Waals surface area (Å²) >= 11 is 0. The maximum absolute atomic E-state index is 13.2. The lowest BCUT2D eigenvalue weighted by atomic mass is 9.99. The number of aromatic nitrogens is 2. The molecule has 0 bridgehead atoms. The molecule has 0 saturated carbocycles.